The minimum atomic E-state index is -0.670. The molecule has 2 nitrogen and oxygen atoms in total. The second kappa shape index (κ2) is 17.7. The molecule has 0 aromatic carbocycles. The van der Waals surface area contributed by atoms with Crippen LogP contribution in [0.5, 0.6) is 0 Å². The highest BCUT2D eigenvalue weighted by Gasteiger charge is 1.95. The number of carboxylic acid groups (broad SMARTS) is 1. The molecule has 0 aliphatic rings. The normalized spacial score (nSPS) is 12.0. The van der Waals surface area contributed by atoms with Crippen LogP contribution in [0.2, 0.25) is 0 Å². The minimum absolute atomic E-state index is 0.324. The van der Waals surface area contributed by atoms with Crippen LogP contribution in [-0.4, -0.2) is 11.1 Å². The molecule has 0 aromatic rings. The van der Waals surface area contributed by atoms with Crippen LogP contribution in [0.3, 0.4) is 0 Å². The SMILES string of the molecule is CCC/C=C/C/C=C/C/C=C/CCCCCCCCC(=O)O. The molecule has 0 unspecified atom stereocenters. The van der Waals surface area contributed by atoms with Gasteiger partial charge in [0.25, 0.3) is 0 Å². The minimum Gasteiger partial charge on any atom is -0.481 e. The molecule has 0 aliphatic heterocycles. The maximum absolute atomic E-state index is 10.3. The topological polar surface area (TPSA) is 37.3 Å². The van der Waals surface area contributed by atoms with Gasteiger partial charge in [0.15, 0.2) is 0 Å². The smallest absolute Gasteiger partial charge is 0.303 e. The van der Waals surface area contributed by atoms with Gasteiger partial charge in [-0.25, -0.2) is 0 Å². The van der Waals surface area contributed by atoms with Crippen LogP contribution in [0.25, 0.3) is 0 Å². The lowest BCUT2D eigenvalue weighted by Gasteiger charge is -1.99. The first-order valence-electron chi connectivity index (χ1n) is 8.94. The average molecular weight is 306 g/mol. The van der Waals surface area contributed by atoms with Crippen molar-refractivity contribution in [3.8, 4) is 0 Å². The molecule has 0 heterocycles. The van der Waals surface area contributed by atoms with Crippen LogP contribution in [0.1, 0.15) is 84.0 Å². The second-order valence-corrected chi connectivity index (χ2v) is 5.73. The van der Waals surface area contributed by atoms with Gasteiger partial charge in [0.2, 0.25) is 0 Å². The number of unbranched alkanes of at least 4 members (excludes halogenated alkanes) is 7. The van der Waals surface area contributed by atoms with Crippen molar-refractivity contribution in [3.05, 3.63) is 36.5 Å². The third-order valence-corrected chi connectivity index (χ3v) is 3.51. The van der Waals surface area contributed by atoms with E-state index in [1.165, 1.54) is 44.9 Å². The zero-order valence-corrected chi connectivity index (χ0v) is 14.3. The lowest BCUT2D eigenvalue weighted by atomic mass is 10.1. The molecule has 0 aliphatic carbocycles. The molecule has 0 atom stereocenters. The quantitative estimate of drug-likeness (QED) is 0.279. The summed E-state index contributed by atoms with van der Waals surface area (Å²) in [4.78, 5) is 10.3. The molecule has 0 saturated carbocycles. The van der Waals surface area contributed by atoms with Crippen molar-refractivity contribution in [2.45, 2.75) is 84.0 Å². The number of carboxylic acids is 1. The first-order valence-corrected chi connectivity index (χ1v) is 8.94. The van der Waals surface area contributed by atoms with Gasteiger partial charge in [-0.05, 0) is 38.5 Å². The molecule has 0 radical (unpaired) electrons. The lowest BCUT2D eigenvalue weighted by Crippen LogP contribution is -1.93. The van der Waals surface area contributed by atoms with Gasteiger partial charge in [-0.15, -0.1) is 0 Å². The predicted octanol–water partition coefficient (Wildman–Crippen LogP) is 6.44. The van der Waals surface area contributed by atoms with Crippen LogP contribution >= 0.6 is 0 Å². The standard InChI is InChI=1S/C20H34O2/c1-2-3-4-5-6-7-8-9-10-11-12-13-14-15-16-17-18-19-20(21)22/h4-5,7-8,10-11H,2-3,6,9,12-19H2,1H3,(H,21,22)/b5-4+,8-7+,11-10+. The fourth-order valence-electron chi connectivity index (χ4n) is 2.19. The van der Waals surface area contributed by atoms with Crippen LogP contribution in [0.15, 0.2) is 36.5 Å². The van der Waals surface area contributed by atoms with Crippen molar-refractivity contribution in [1.82, 2.24) is 0 Å². The molecule has 0 rings (SSSR count). The fourth-order valence-corrected chi connectivity index (χ4v) is 2.19. The van der Waals surface area contributed by atoms with Gasteiger partial charge in [0.05, 0.1) is 0 Å². The van der Waals surface area contributed by atoms with E-state index >= 15 is 0 Å². The highest BCUT2D eigenvalue weighted by molar-refractivity contribution is 5.66. The third-order valence-electron chi connectivity index (χ3n) is 3.51. The Morgan fingerprint density at radius 2 is 1.23 bits per heavy atom. The first-order chi connectivity index (χ1) is 10.8. The van der Waals surface area contributed by atoms with Gasteiger partial charge in [0.1, 0.15) is 0 Å². The molecular formula is C20H34O2. The molecule has 0 amide bonds. The Hall–Kier alpha value is -1.31. The number of rotatable bonds is 15. The summed E-state index contributed by atoms with van der Waals surface area (Å²) >= 11 is 0. The maximum Gasteiger partial charge on any atom is 0.303 e. The Labute approximate surface area is 137 Å². The van der Waals surface area contributed by atoms with Crippen molar-refractivity contribution in [2.24, 2.45) is 0 Å². The Bertz CT molecular complexity index is 327. The van der Waals surface area contributed by atoms with E-state index in [0.29, 0.717) is 6.42 Å². The van der Waals surface area contributed by atoms with Crippen molar-refractivity contribution in [2.75, 3.05) is 0 Å². The number of allylic oxidation sites excluding steroid dienone is 6. The molecule has 126 valence electrons. The van der Waals surface area contributed by atoms with E-state index in [1.54, 1.807) is 0 Å². The fraction of sp³-hybridized carbons (Fsp3) is 0.650. The van der Waals surface area contributed by atoms with Crippen LogP contribution < -0.4 is 0 Å². The molecule has 22 heavy (non-hydrogen) atoms. The average Bonchev–Trinajstić information content (AvgIpc) is 2.50. The van der Waals surface area contributed by atoms with Gasteiger partial charge in [-0.1, -0.05) is 75.5 Å². The van der Waals surface area contributed by atoms with E-state index in [9.17, 15) is 4.79 Å². The van der Waals surface area contributed by atoms with Crippen molar-refractivity contribution < 1.29 is 9.90 Å². The Balaban J connectivity index is 3.23. The van der Waals surface area contributed by atoms with Crippen LogP contribution in [0.4, 0.5) is 0 Å². The van der Waals surface area contributed by atoms with Gasteiger partial charge in [0, 0.05) is 6.42 Å². The number of hydrogen-bond acceptors (Lipinski definition) is 1. The summed E-state index contributed by atoms with van der Waals surface area (Å²) < 4.78 is 0. The third kappa shape index (κ3) is 18.7. The van der Waals surface area contributed by atoms with Crippen molar-refractivity contribution >= 4 is 5.97 Å². The summed E-state index contributed by atoms with van der Waals surface area (Å²) in [6.07, 6.45) is 26.3. The Morgan fingerprint density at radius 3 is 1.82 bits per heavy atom. The number of hydrogen-bond donors (Lipinski definition) is 1. The van der Waals surface area contributed by atoms with E-state index in [2.05, 4.69) is 43.4 Å². The van der Waals surface area contributed by atoms with Gasteiger partial charge in [-0.2, -0.15) is 0 Å². The van der Waals surface area contributed by atoms with Crippen LogP contribution in [0, 0.1) is 0 Å². The highest BCUT2D eigenvalue weighted by atomic mass is 16.4. The predicted molar refractivity (Wildman–Crippen MR) is 96.1 cm³/mol. The van der Waals surface area contributed by atoms with Crippen molar-refractivity contribution in [3.63, 3.8) is 0 Å². The second-order valence-electron chi connectivity index (χ2n) is 5.73. The number of carbonyl (C=O) groups is 1. The van der Waals surface area contributed by atoms with E-state index in [0.717, 1.165) is 25.7 Å². The van der Waals surface area contributed by atoms with Gasteiger partial charge < -0.3 is 5.11 Å². The maximum atomic E-state index is 10.3. The van der Waals surface area contributed by atoms with E-state index in [-0.39, 0.29) is 0 Å². The van der Waals surface area contributed by atoms with Gasteiger partial charge in [-0.3, -0.25) is 4.79 Å². The first kappa shape index (κ1) is 20.7. The van der Waals surface area contributed by atoms with E-state index in [1.807, 2.05) is 0 Å². The lowest BCUT2D eigenvalue weighted by molar-refractivity contribution is -0.137. The Kier molecular flexibility index (Phi) is 16.7. The summed E-state index contributed by atoms with van der Waals surface area (Å²) in [5, 5.41) is 8.52. The van der Waals surface area contributed by atoms with E-state index < -0.39 is 5.97 Å². The largest absolute Gasteiger partial charge is 0.481 e. The Morgan fingerprint density at radius 1 is 0.727 bits per heavy atom. The summed E-state index contributed by atoms with van der Waals surface area (Å²) in [5.41, 5.74) is 0. The molecule has 0 bridgehead atoms. The molecule has 0 spiro atoms. The van der Waals surface area contributed by atoms with Crippen LogP contribution in [-0.2, 0) is 4.79 Å². The number of aliphatic carboxylic acids is 1. The zero-order valence-electron chi connectivity index (χ0n) is 14.3. The monoisotopic (exact) mass is 306 g/mol. The summed E-state index contributed by atoms with van der Waals surface area (Å²) in [6.45, 7) is 2.20. The summed E-state index contributed by atoms with van der Waals surface area (Å²) in [7, 11) is 0. The summed E-state index contributed by atoms with van der Waals surface area (Å²) in [5.74, 6) is -0.670. The van der Waals surface area contributed by atoms with Crippen molar-refractivity contribution in [1.29, 1.82) is 0 Å². The zero-order chi connectivity index (χ0) is 16.3. The molecular weight excluding hydrogens is 272 g/mol. The molecule has 2 heteroatoms. The molecule has 0 aromatic heterocycles. The molecule has 1 N–H and O–H groups in total. The summed E-state index contributed by atoms with van der Waals surface area (Å²) in [6, 6.07) is 0. The molecule has 0 fully saturated rings. The molecule has 0 saturated heterocycles. The highest BCUT2D eigenvalue weighted by Crippen LogP contribution is 2.09. The van der Waals surface area contributed by atoms with E-state index in [4.69, 9.17) is 5.11 Å². The van der Waals surface area contributed by atoms with Gasteiger partial charge >= 0.3 is 5.97 Å².